The molecule has 2 fully saturated rings. The molecule has 0 bridgehead atoms. The summed E-state index contributed by atoms with van der Waals surface area (Å²) in [4.78, 5) is 49.2. The second-order valence-corrected chi connectivity index (χ2v) is 10.3. The molecular weight excluding hydrogens is 470 g/mol. The number of amides is 2. The van der Waals surface area contributed by atoms with Crippen LogP contribution in [0.5, 0.6) is 5.75 Å². The zero-order chi connectivity index (χ0) is 26.1. The van der Waals surface area contributed by atoms with E-state index in [9.17, 15) is 14.4 Å². The average Bonchev–Trinajstić information content (AvgIpc) is 3.63. The lowest BCUT2D eigenvalue weighted by Gasteiger charge is -2.29. The highest BCUT2D eigenvalue weighted by molar-refractivity contribution is 6.09. The Morgan fingerprint density at radius 3 is 2.35 bits per heavy atom. The number of fused-ring (bicyclic) bond motifs is 1. The summed E-state index contributed by atoms with van der Waals surface area (Å²) < 4.78 is 6.13. The molecule has 1 aromatic carbocycles. The van der Waals surface area contributed by atoms with E-state index in [2.05, 4.69) is 25.6 Å². The monoisotopic (exact) mass is 503 g/mol. The highest BCUT2D eigenvalue weighted by Crippen LogP contribution is 2.37. The summed E-state index contributed by atoms with van der Waals surface area (Å²) in [5.41, 5.74) is 4.22. The van der Waals surface area contributed by atoms with Crippen molar-refractivity contribution in [1.82, 2.24) is 25.6 Å². The highest BCUT2D eigenvalue weighted by atomic mass is 16.5. The minimum atomic E-state index is -0.181. The predicted molar refractivity (Wildman–Crippen MR) is 140 cm³/mol. The van der Waals surface area contributed by atoms with Gasteiger partial charge in [-0.2, -0.15) is 0 Å². The Balaban J connectivity index is 1.43. The number of hydrogen-bond donors (Lipinski definition) is 3. The number of aryl methyl sites for hydroxylation is 1. The summed E-state index contributed by atoms with van der Waals surface area (Å²) in [6, 6.07) is 5.60. The van der Waals surface area contributed by atoms with Crippen LogP contribution in [-0.4, -0.2) is 51.2 Å². The van der Waals surface area contributed by atoms with Crippen LogP contribution in [0.3, 0.4) is 0 Å². The van der Waals surface area contributed by atoms with Gasteiger partial charge in [0.1, 0.15) is 23.3 Å². The van der Waals surface area contributed by atoms with E-state index in [1.165, 1.54) is 33.0 Å². The second kappa shape index (κ2) is 10.3. The summed E-state index contributed by atoms with van der Waals surface area (Å²) in [7, 11) is 0. The standard InChI is InChI=1S/C28H33N5O4/c1-15-24(28(36)33-21-9-7-20(8-10-21)32-17(3)35)26-27(31-15)25(29-14-30-26)22-12-19(16(2)34)6-11-23(22)37-13-18-4-5-18/h6,11-12,14,18,20-21,31H,4-5,7-10,13H2,1-3H3,(H,32,35)(H,33,36). The molecule has 5 rings (SSSR count). The molecule has 3 N–H and O–H groups in total. The summed E-state index contributed by atoms with van der Waals surface area (Å²) in [6.45, 7) is 5.54. The van der Waals surface area contributed by atoms with Crippen molar-refractivity contribution in [3.8, 4) is 17.0 Å². The molecule has 9 nitrogen and oxygen atoms in total. The molecule has 194 valence electrons. The lowest BCUT2D eigenvalue weighted by molar-refractivity contribution is -0.119. The molecule has 0 aliphatic heterocycles. The maximum absolute atomic E-state index is 13.4. The number of aromatic amines is 1. The molecule has 37 heavy (non-hydrogen) atoms. The van der Waals surface area contributed by atoms with Crippen LogP contribution in [0.1, 0.15) is 78.8 Å². The van der Waals surface area contributed by atoms with Crippen LogP contribution in [-0.2, 0) is 4.79 Å². The summed E-state index contributed by atoms with van der Waals surface area (Å²) in [6.07, 6.45) is 7.06. The molecule has 0 atom stereocenters. The van der Waals surface area contributed by atoms with E-state index in [1.807, 2.05) is 13.0 Å². The molecule has 2 aliphatic rings. The molecule has 0 saturated heterocycles. The smallest absolute Gasteiger partial charge is 0.255 e. The normalized spacial score (nSPS) is 19.4. The van der Waals surface area contributed by atoms with Crippen LogP contribution in [0.15, 0.2) is 24.5 Å². The number of Topliss-reactive ketones (excluding diaryl/α,β-unsaturated/α-hetero) is 1. The number of carbonyl (C=O) groups excluding carboxylic acids is 3. The number of aromatic nitrogens is 3. The van der Waals surface area contributed by atoms with Crippen molar-refractivity contribution in [2.24, 2.45) is 5.92 Å². The molecule has 0 radical (unpaired) electrons. The van der Waals surface area contributed by atoms with Gasteiger partial charge in [-0.15, -0.1) is 0 Å². The highest BCUT2D eigenvalue weighted by Gasteiger charge is 2.27. The lowest BCUT2D eigenvalue weighted by Crippen LogP contribution is -2.43. The first-order valence-electron chi connectivity index (χ1n) is 13.0. The van der Waals surface area contributed by atoms with Crippen molar-refractivity contribution in [3.05, 3.63) is 41.3 Å². The first-order valence-corrected chi connectivity index (χ1v) is 13.0. The Bertz CT molecular complexity index is 1350. The zero-order valence-corrected chi connectivity index (χ0v) is 21.5. The minimum Gasteiger partial charge on any atom is -0.493 e. The van der Waals surface area contributed by atoms with E-state index in [0.29, 0.717) is 57.4 Å². The van der Waals surface area contributed by atoms with E-state index >= 15 is 0 Å². The molecular formula is C28H33N5O4. The second-order valence-electron chi connectivity index (χ2n) is 10.3. The van der Waals surface area contributed by atoms with Gasteiger partial charge in [0.2, 0.25) is 5.91 Å². The van der Waals surface area contributed by atoms with Crippen molar-refractivity contribution >= 4 is 28.6 Å². The van der Waals surface area contributed by atoms with Gasteiger partial charge in [0.25, 0.3) is 5.91 Å². The quantitative estimate of drug-likeness (QED) is 0.397. The summed E-state index contributed by atoms with van der Waals surface area (Å²) in [5, 5.41) is 6.13. The number of H-pyrrole nitrogens is 1. The van der Waals surface area contributed by atoms with Gasteiger partial charge in [-0.1, -0.05) is 0 Å². The van der Waals surface area contributed by atoms with Crippen LogP contribution in [0.25, 0.3) is 22.3 Å². The maximum atomic E-state index is 13.4. The van der Waals surface area contributed by atoms with E-state index in [-0.39, 0.29) is 29.7 Å². The molecule has 0 unspecified atom stereocenters. The van der Waals surface area contributed by atoms with Gasteiger partial charge in [0.05, 0.1) is 17.7 Å². The van der Waals surface area contributed by atoms with Crippen molar-refractivity contribution in [2.75, 3.05) is 6.61 Å². The first-order chi connectivity index (χ1) is 17.8. The van der Waals surface area contributed by atoms with Crippen LogP contribution in [0.2, 0.25) is 0 Å². The number of carbonyl (C=O) groups is 3. The Labute approximate surface area is 215 Å². The molecule has 2 heterocycles. The lowest BCUT2D eigenvalue weighted by atomic mass is 9.91. The molecule has 2 aliphatic carbocycles. The van der Waals surface area contributed by atoms with Crippen molar-refractivity contribution < 1.29 is 19.1 Å². The van der Waals surface area contributed by atoms with E-state index in [4.69, 9.17) is 4.74 Å². The number of benzene rings is 1. The zero-order valence-electron chi connectivity index (χ0n) is 21.5. The van der Waals surface area contributed by atoms with Gasteiger partial charge in [-0.3, -0.25) is 14.4 Å². The number of nitrogens with one attached hydrogen (secondary N) is 3. The fourth-order valence-electron chi connectivity index (χ4n) is 5.08. The van der Waals surface area contributed by atoms with Crippen molar-refractivity contribution in [1.29, 1.82) is 0 Å². The number of ketones is 1. The SMILES string of the molecule is CC(=O)NC1CCC(NC(=O)c2c(C)[nH]c3c(-c4cc(C(C)=O)ccc4OCC4CC4)ncnc23)CC1. The minimum absolute atomic E-state index is 0.0210. The summed E-state index contributed by atoms with van der Waals surface area (Å²) >= 11 is 0. The third-order valence-corrected chi connectivity index (χ3v) is 7.28. The Hall–Kier alpha value is -3.75. The molecule has 3 aromatic rings. The molecule has 2 saturated carbocycles. The first kappa shape index (κ1) is 24.9. The van der Waals surface area contributed by atoms with Gasteiger partial charge in [-0.25, -0.2) is 9.97 Å². The van der Waals surface area contributed by atoms with Crippen LogP contribution >= 0.6 is 0 Å². The third kappa shape index (κ3) is 5.50. The van der Waals surface area contributed by atoms with E-state index in [1.54, 1.807) is 12.1 Å². The van der Waals surface area contributed by atoms with E-state index in [0.717, 1.165) is 25.7 Å². The van der Waals surface area contributed by atoms with Crippen LogP contribution in [0.4, 0.5) is 0 Å². The topological polar surface area (TPSA) is 126 Å². The van der Waals surface area contributed by atoms with Crippen molar-refractivity contribution in [2.45, 2.75) is 71.4 Å². The van der Waals surface area contributed by atoms with Gasteiger partial charge < -0.3 is 20.4 Å². The van der Waals surface area contributed by atoms with Gasteiger partial charge in [0.15, 0.2) is 5.78 Å². The fourth-order valence-corrected chi connectivity index (χ4v) is 5.08. The number of hydrogen-bond acceptors (Lipinski definition) is 6. The van der Waals surface area contributed by atoms with Crippen LogP contribution in [0, 0.1) is 12.8 Å². The number of nitrogens with zero attached hydrogens (tertiary/aromatic N) is 2. The number of ether oxygens (including phenoxy) is 1. The summed E-state index contributed by atoms with van der Waals surface area (Å²) in [5.74, 6) is 0.982. The van der Waals surface area contributed by atoms with Crippen molar-refractivity contribution in [3.63, 3.8) is 0 Å². The third-order valence-electron chi connectivity index (χ3n) is 7.28. The average molecular weight is 504 g/mol. The largest absolute Gasteiger partial charge is 0.493 e. The molecule has 2 aromatic heterocycles. The molecule has 2 amide bonds. The van der Waals surface area contributed by atoms with Gasteiger partial charge >= 0.3 is 0 Å². The predicted octanol–water partition coefficient (Wildman–Crippen LogP) is 4.10. The molecule has 9 heteroatoms. The van der Waals surface area contributed by atoms with E-state index < -0.39 is 0 Å². The maximum Gasteiger partial charge on any atom is 0.255 e. The Kier molecular flexibility index (Phi) is 6.95. The fraction of sp³-hybridized carbons (Fsp3) is 0.464. The van der Waals surface area contributed by atoms with Gasteiger partial charge in [-0.05, 0) is 76.5 Å². The molecule has 0 spiro atoms. The Morgan fingerprint density at radius 2 is 1.70 bits per heavy atom. The number of rotatable bonds is 8. The van der Waals surface area contributed by atoms with Crippen LogP contribution < -0.4 is 15.4 Å². The van der Waals surface area contributed by atoms with Gasteiger partial charge in [0, 0.05) is 35.8 Å². The Morgan fingerprint density at radius 1 is 1.00 bits per heavy atom.